The molecule has 3 saturated heterocycles. The minimum absolute atomic E-state index is 0.157. The fourth-order valence-electron chi connectivity index (χ4n) is 6.49. The molecule has 4 atom stereocenters. The molecule has 0 radical (unpaired) electrons. The van der Waals surface area contributed by atoms with Crippen LogP contribution in [0.1, 0.15) is 29.5 Å². The number of anilines is 2. The molecule has 2 aromatic rings. The number of benzene rings is 2. The summed E-state index contributed by atoms with van der Waals surface area (Å²) in [5, 5.41) is 3.16. The van der Waals surface area contributed by atoms with E-state index in [1.54, 1.807) is 19.1 Å². The molecule has 0 aromatic heterocycles. The second kappa shape index (κ2) is 7.21. The number of carbonyl (C=O) groups excluding carboxylic acids is 3. The highest BCUT2D eigenvalue weighted by Crippen LogP contribution is 2.61. The van der Waals surface area contributed by atoms with E-state index in [0.29, 0.717) is 40.9 Å². The fraction of sp³-hybridized carbons (Fsp3) is 0.375. The van der Waals surface area contributed by atoms with Gasteiger partial charge in [-0.2, -0.15) is 13.2 Å². The van der Waals surface area contributed by atoms with Crippen molar-refractivity contribution in [1.29, 1.82) is 0 Å². The van der Waals surface area contributed by atoms with Gasteiger partial charge in [0.05, 0.1) is 33.8 Å². The summed E-state index contributed by atoms with van der Waals surface area (Å²) in [6, 6.07) is 5.47. The molecule has 182 valence electrons. The number of fused-ring (bicyclic) bond motifs is 7. The molecule has 1 N–H and O–H groups in total. The molecule has 11 heteroatoms. The zero-order valence-electron chi connectivity index (χ0n) is 18.2. The van der Waals surface area contributed by atoms with Crippen molar-refractivity contribution in [3.8, 4) is 0 Å². The average Bonchev–Trinajstić information content (AvgIpc) is 3.50. The predicted molar refractivity (Wildman–Crippen MR) is 122 cm³/mol. The van der Waals surface area contributed by atoms with Crippen LogP contribution in [0.3, 0.4) is 0 Å². The summed E-state index contributed by atoms with van der Waals surface area (Å²) in [5.41, 5.74) is -1.10. The van der Waals surface area contributed by atoms with Crippen molar-refractivity contribution in [2.24, 2.45) is 11.8 Å². The summed E-state index contributed by atoms with van der Waals surface area (Å²) < 4.78 is 40.2. The number of imide groups is 1. The smallest absolute Gasteiger partial charge is 0.324 e. The Kier molecular flexibility index (Phi) is 4.70. The van der Waals surface area contributed by atoms with Crippen LogP contribution < -0.4 is 10.2 Å². The van der Waals surface area contributed by atoms with Gasteiger partial charge in [-0.1, -0.05) is 29.3 Å². The van der Waals surface area contributed by atoms with E-state index in [4.69, 9.17) is 23.2 Å². The van der Waals surface area contributed by atoms with Crippen molar-refractivity contribution in [3.05, 3.63) is 57.1 Å². The molecule has 4 aliphatic rings. The third-order valence-electron chi connectivity index (χ3n) is 7.88. The number of alkyl halides is 3. The minimum Gasteiger partial charge on any atom is -0.324 e. The first kappa shape index (κ1) is 22.8. The molecular weight excluding hydrogens is 506 g/mol. The lowest BCUT2D eigenvalue weighted by molar-refractivity contribution is -0.137. The van der Waals surface area contributed by atoms with Gasteiger partial charge in [0, 0.05) is 16.6 Å². The minimum atomic E-state index is -4.69. The molecule has 4 aliphatic heterocycles. The van der Waals surface area contributed by atoms with Crippen LogP contribution in [0.5, 0.6) is 0 Å². The van der Waals surface area contributed by atoms with Gasteiger partial charge in [0.2, 0.25) is 17.7 Å². The van der Waals surface area contributed by atoms with E-state index in [9.17, 15) is 27.6 Å². The predicted octanol–water partition coefficient (Wildman–Crippen LogP) is 4.75. The van der Waals surface area contributed by atoms with Crippen LogP contribution in [0.4, 0.5) is 24.5 Å². The quantitative estimate of drug-likeness (QED) is 0.547. The maximum atomic E-state index is 13.9. The molecule has 3 amide bonds. The Morgan fingerprint density at radius 1 is 1.06 bits per heavy atom. The molecule has 4 heterocycles. The molecular formula is C24H18Cl2F3N3O3. The van der Waals surface area contributed by atoms with Crippen molar-refractivity contribution in [1.82, 2.24) is 4.90 Å². The topological polar surface area (TPSA) is 69.7 Å². The highest BCUT2D eigenvalue weighted by atomic mass is 35.5. The molecule has 2 aromatic carbocycles. The summed E-state index contributed by atoms with van der Waals surface area (Å²) in [7, 11) is 0. The first-order valence-electron chi connectivity index (χ1n) is 11.1. The van der Waals surface area contributed by atoms with Gasteiger partial charge in [-0.25, -0.2) is 4.90 Å². The maximum absolute atomic E-state index is 13.9. The Hall–Kier alpha value is -2.62. The summed E-state index contributed by atoms with van der Waals surface area (Å²) in [6.07, 6.45) is -3.39. The van der Waals surface area contributed by atoms with Crippen molar-refractivity contribution >= 4 is 52.3 Å². The van der Waals surface area contributed by atoms with Crippen molar-refractivity contribution < 1.29 is 27.6 Å². The lowest BCUT2D eigenvalue weighted by Gasteiger charge is -2.36. The highest BCUT2D eigenvalue weighted by Gasteiger charge is 2.74. The molecule has 6 rings (SSSR count). The number of hydrogen-bond donors (Lipinski definition) is 1. The molecule has 1 spiro atoms. The Bertz CT molecular complexity index is 1350. The number of rotatable bonds is 1. The van der Waals surface area contributed by atoms with E-state index in [1.165, 1.54) is 0 Å². The van der Waals surface area contributed by atoms with Crippen LogP contribution in [-0.4, -0.2) is 35.2 Å². The van der Waals surface area contributed by atoms with Gasteiger partial charge in [0.15, 0.2) is 0 Å². The van der Waals surface area contributed by atoms with Crippen LogP contribution >= 0.6 is 23.2 Å². The SMILES string of the molecule is Cc1c(Cl)ccc2c1NC(=O)[C@@]21[C@@H]2C(=O)N(c3cc(C(F)(F)F)ccc3Cl)C(=O)[C@@H]2[C@@H]2CCCN21. The van der Waals surface area contributed by atoms with Crippen LogP contribution in [0, 0.1) is 18.8 Å². The molecule has 0 saturated carbocycles. The zero-order chi connectivity index (χ0) is 25.0. The first-order valence-corrected chi connectivity index (χ1v) is 11.9. The molecule has 0 unspecified atom stereocenters. The van der Waals surface area contributed by atoms with E-state index in [1.807, 2.05) is 4.90 Å². The van der Waals surface area contributed by atoms with Gasteiger partial charge >= 0.3 is 6.18 Å². The molecule has 35 heavy (non-hydrogen) atoms. The number of nitrogens with zero attached hydrogens (tertiary/aromatic N) is 2. The van der Waals surface area contributed by atoms with Gasteiger partial charge in [0.25, 0.3) is 0 Å². The second-order valence-electron chi connectivity index (χ2n) is 9.40. The third-order valence-corrected chi connectivity index (χ3v) is 8.61. The van der Waals surface area contributed by atoms with E-state index in [2.05, 4.69) is 5.32 Å². The Morgan fingerprint density at radius 2 is 1.77 bits per heavy atom. The van der Waals surface area contributed by atoms with E-state index < -0.39 is 52.9 Å². The molecule has 6 nitrogen and oxygen atoms in total. The van der Waals surface area contributed by atoms with Gasteiger partial charge in [-0.15, -0.1) is 0 Å². The number of carbonyl (C=O) groups is 3. The molecule has 0 aliphatic carbocycles. The van der Waals surface area contributed by atoms with Crippen LogP contribution in [0.15, 0.2) is 30.3 Å². The number of amides is 3. The molecule has 0 bridgehead atoms. The van der Waals surface area contributed by atoms with E-state index in [0.717, 1.165) is 23.5 Å². The maximum Gasteiger partial charge on any atom is 0.416 e. The van der Waals surface area contributed by atoms with E-state index in [-0.39, 0.29) is 10.7 Å². The Morgan fingerprint density at radius 3 is 2.49 bits per heavy atom. The van der Waals surface area contributed by atoms with Crippen LogP contribution in [-0.2, 0) is 26.1 Å². The van der Waals surface area contributed by atoms with Gasteiger partial charge in [-0.3, -0.25) is 19.3 Å². The standard InChI is InChI=1S/C24H18Cl2F3N3O3/c1-10-13(25)7-5-12-19(10)30-22(35)23(12)18-17(15-3-2-8-31(15)23)20(33)32(21(18)34)16-9-11(24(27,28)29)4-6-14(16)26/h4-7,9,15,17-18H,2-3,8H2,1H3,(H,30,35)/t15-,17+,18-,23-/m0/s1. The normalized spacial score (nSPS) is 29.7. The van der Waals surface area contributed by atoms with Crippen LogP contribution in [0.2, 0.25) is 10.0 Å². The van der Waals surface area contributed by atoms with Crippen molar-refractivity contribution in [3.63, 3.8) is 0 Å². The largest absolute Gasteiger partial charge is 0.416 e. The Balaban J connectivity index is 1.55. The highest BCUT2D eigenvalue weighted by molar-refractivity contribution is 6.36. The van der Waals surface area contributed by atoms with Crippen LogP contribution in [0.25, 0.3) is 0 Å². The number of nitrogens with one attached hydrogen (secondary N) is 1. The lowest BCUT2D eigenvalue weighted by atomic mass is 9.75. The van der Waals surface area contributed by atoms with Crippen molar-refractivity contribution in [2.75, 3.05) is 16.8 Å². The molecule has 3 fully saturated rings. The monoisotopic (exact) mass is 523 g/mol. The lowest BCUT2D eigenvalue weighted by Crippen LogP contribution is -2.54. The summed E-state index contributed by atoms with van der Waals surface area (Å²) in [5.74, 6) is -3.79. The number of halogens is 5. The van der Waals surface area contributed by atoms with Gasteiger partial charge in [0.1, 0.15) is 5.54 Å². The summed E-state index contributed by atoms with van der Waals surface area (Å²) in [6.45, 7) is 2.27. The van der Waals surface area contributed by atoms with Crippen molar-refractivity contribution in [2.45, 2.75) is 37.5 Å². The first-order chi connectivity index (χ1) is 16.5. The third kappa shape index (κ3) is 2.74. The second-order valence-corrected chi connectivity index (χ2v) is 10.2. The zero-order valence-corrected chi connectivity index (χ0v) is 19.8. The summed E-state index contributed by atoms with van der Waals surface area (Å²) in [4.78, 5) is 44.0. The van der Waals surface area contributed by atoms with Gasteiger partial charge < -0.3 is 5.32 Å². The van der Waals surface area contributed by atoms with Gasteiger partial charge in [-0.05, 0) is 56.1 Å². The summed E-state index contributed by atoms with van der Waals surface area (Å²) >= 11 is 12.5. The van der Waals surface area contributed by atoms with E-state index >= 15 is 0 Å². The average molecular weight is 524 g/mol. The Labute approximate surface area is 208 Å². The fourth-order valence-corrected chi connectivity index (χ4v) is 6.85. The number of hydrogen-bond acceptors (Lipinski definition) is 4.